The molecule has 6 heteroatoms. The van der Waals surface area contributed by atoms with E-state index >= 15 is 0 Å². The number of benzene rings is 2. The van der Waals surface area contributed by atoms with Gasteiger partial charge in [0.25, 0.3) is 5.91 Å². The summed E-state index contributed by atoms with van der Waals surface area (Å²) in [7, 11) is 0. The third-order valence-electron chi connectivity index (χ3n) is 6.47. The molecule has 1 aliphatic heterocycles. The molecule has 0 N–H and O–H groups in total. The topological polar surface area (TPSA) is 45.6 Å². The third-order valence-corrected chi connectivity index (χ3v) is 7.33. The molecule has 0 saturated heterocycles. The van der Waals surface area contributed by atoms with E-state index in [2.05, 4.69) is 42.7 Å². The molecule has 0 spiro atoms. The molecule has 2 aromatic heterocycles. The van der Waals surface area contributed by atoms with Crippen molar-refractivity contribution in [2.45, 2.75) is 32.7 Å². The average molecular weight is 484 g/mol. The average Bonchev–Trinajstić information content (AvgIpc) is 3.58. The first-order chi connectivity index (χ1) is 17.1. The number of aryl methyl sites for hydroxylation is 1. The van der Waals surface area contributed by atoms with Crippen molar-refractivity contribution in [1.82, 2.24) is 9.47 Å². The smallest absolute Gasteiger partial charge is 0.264 e. The Hall–Kier alpha value is -3.64. The molecule has 2 aromatic carbocycles. The molecular formula is C29H29N3O2S. The van der Waals surface area contributed by atoms with Gasteiger partial charge >= 0.3 is 0 Å². The van der Waals surface area contributed by atoms with Gasteiger partial charge in [-0.25, -0.2) is 0 Å². The van der Waals surface area contributed by atoms with E-state index in [1.807, 2.05) is 65.0 Å². The fraction of sp³-hybridized carbons (Fsp3) is 0.241. The molecule has 1 unspecified atom stereocenters. The van der Waals surface area contributed by atoms with Gasteiger partial charge in [-0.1, -0.05) is 61.4 Å². The SMILES string of the molecule is CCCCN(CC(=O)N1c2ccccc2-n2cccc2C1c1cccc(C)c1)C(=O)c1cccs1. The van der Waals surface area contributed by atoms with Crippen molar-refractivity contribution in [3.05, 3.63) is 106 Å². The Morgan fingerprint density at radius 2 is 1.80 bits per heavy atom. The predicted molar refractivity (Wildman–Crippen MR) is 141 cm³/mol. The number of rotatable bonds is 7. The molecule has 5 nitrogen and oxygen atoms in total. The first-order valence-corrected chi connectivity index (χ1v) is 12.9. The van der Waals surface area contributed by atoms with Crippen LogP contribution in [0.3, 0.4) is 0 Å². The van der Waals surface area contributed by atoms with E-state index in [4.69, 9.17) is 0 Å². The second-order valence-electron chi connectivity index (χ2n) is 8.93. The molecule has 2 amide bonds. The van der Waals surface area contributed by atoms with Gasteiger partial charge in [0.1, 0.15) is 12.6 Å². The lowest BCUT2D eigenvalue weighted by Crippen LogP contribution is -2.47. The van der Waals surface area contributed by atoms with Crippen LogP contribution in [0.25, 0.3) is 5.69 Å². The van der Waals surface area contributed by atoms with Crippen LogP contribution in [-0.2, 0) is 4.79 Å². The number of unbranched alkanes of at least 4 members (excludes halogenated alkanes) is 1. The van der Waals surface area contributed by atoms with E-state index in [0.717, 1.165) is 41.0 Å². The lowest BCUT2D eigenvalue weighted by molar-refractivity contribution is -0.119. The highest BCUT2D eigenvalue weighted by Gasteiger charge is 2.37. The molecule has 1 atom stereocenters. The summed E-state index contributed by atoms with van der Waals surface area (Å²) in [6.07, 6.45) is 3.85. The molecular weight excluding hydrogens is 454 g/mol. The number of para-hydroxylation sites is 2. The van der Waals surface area contributed by atoms with Crippen LogP contribution >= 0.6 is 11.3 Å². The van der Waals surface area contributed by atoms with Crippen molar-refractivity contribution in [3.8, 4) is 5.69 Å². The van der Waals surface area contributed by atoms with E-state index in [0.29, 0.717) is 11.4 Å². The fourth-order valence-electron chi connectivity index (χ4n) is 4.81. The Morgan fingerprint density at radius 1 is 0.971 bits per heavy atom. The minimum atomic E-state index is -0.280. The molecule has 5 rings (SSSR count). The Balaban J connectivity index is 1.57. The number of hydrogen-bond acceptors (Lipinski definition) is 3. The summed E-state index contributed by atoms with van der Waals surface area (Å²) in [6, 6.07) is 23.8. The van der Waals surface area contributed by atoms with Gasteiger partial charge in [-0.3, -0.25) is 14.5 Å². The van der Waals surface area contributed by atoms with Crippen LogP contribution in [0, 0.1) is 6.92 Å². The molecule has 0 aliphatic carbocycles. The summed E-state index contributed by atoms with van der Waals surface area (Å²) in [5.74, 6) is -0.167. The summed E-state index contributed by atoms with van der Waals surface area (Å²) in [5, 5.41) is 1.90. The van der Waals surface area contributed by atoms with Crippen LogP contribution in [0.5, 0.6) is 0 Å². The van der Waals surface area contributed by atoms with Gasteiger partial charge in [-0.05, 0) is 54.6 Å². The van der Waals surface area contributed by atoms with Crippen LogP contribution in [0.4, 0.5) is 5.69 Å². The number of fused-ring (bicyclic) bond motifs is 3. The molecule has 0 bridgehead atoms. The van der Waals surface area contributed by atoms with Gasteiger partial charge in [0.05, 0.1) is 21.9 Å². The minimum absolute atomic E-state index is 0.0358. The van der Waals surface area contributed by atoms with Crippen molar-refractivity contribution < 1.29 is 9.59 Å². The second-order valence-corrected chi connectivity index (χ2v) is 9.88. The highest BCUT2D eigenvalue weighted by Crippen LogP contribution is 2.42. The first-order valence-electron chi connectivity index (χ1n) is 12.1. The molecule has 0 radical (unpaired) electrons. The molecule has 4 aromatic rings. The number of amides is 2. The Kier molecular flexibility index (Phi) is 6.55. The minimum Gasteiger partial charge on any atom is -0.329 e. The van der Waals surface area contributed by atoms with Gasteiger partial charge < -0.3 is 9.47 Å². The van der Waals surface area contributed by atoms with Gasteiger partial charge in [0.2, 0.25) is 5.91 Å². The van der Waals surface area contributed by atoms with E-state index in [9.17, 15) is 9.59 Å². The number of anilines is 1. The normalized spacial score (nSPS) is 14.3. The number of hydrogen-bond donors (Lipinski definition) is 0. The number of carbonyl (C=O) groups excluding carboxylic acids is 2. The van der Waals surface area contributed by atoms with E-state index < -0.39 is 0 Å². The van der Waals surface area contributed by atoms with Gasteiger partial charge in [0.15, 0.2) is 0 Å². The molecule has 0 fully saturated rings. The Labute approximate surface area is 210 Å². The summed E-state index contributed by atoms with van der Waals surface area (Å²) >= 11 is 1.42. The number of thiophene rings is 1. The summed E-state index contributed by atoms with van der Waals surface area (Å²) in [5.41, 5.74) is 5.05. The second kappa shape index (κ2) is 9.92. The van der Waals surface area contributed by atoms with Gasteiger partial charge in [0, 0.05) is 12.7 Å². The maximum atomic E-state index is 14.1. The van der Waals surface area contributed by atoms with Gasteiger partial charge in [-0.15, -0.1) is 11.3 Å². The van der Waals surface area contributed by atoms with E-state index in [1.165, 1.54) is 11.3 Å². The van der Waals surface area contributed by atoms with Crippen LogP contribution in [-0.4, -0.2) is 34.4 Å². The van der Waals surface area contributed by atoms with Crippen molar-refractivity contribution in [3.63, 3.8) is 0 Å². The first kappa shape index (κ1) is 23.1. The lowest BCUT2D eigenvalue weighted by Gasteiger charge is -2.39. The van der Waals surface area contributed by atoms with Crippen molar-refractivity contribution >= 4 is 28.8 Å². The largest absolute Gasteiger partial charge is 0.329 e. The predicted octanol–water partition coefficient (Wildman–Crippen LogP) is 6.23. The quantitative estimate of drug-likeness (QED) is 0.313. The van der Waals surface area contributed by atoms with Crippen molar-refractivity contribution in [2.75, 3.05) is 18.0 Å². The zero-order valence-corrected chi connectivity index (χ0v) is 20.9. The maximum Gasteiger partial charge on any atom is 0.264 e. The monoisotopic (exact) mass is 483 g/mol. The number of carbonyl (C=O) groups is 2. The zero-order valence-electron chi connectivity index (χ0n) is 20.1. The third kappa shape index (κ3) is 4.42. The van der Waals surface area contributed by atoms with Crippen LogP contribution in [0.1, 0.15) is 52.3 Å². The van der Waals surface area contributed by atoms with E-state index in [-0.39, 0.29) is 24.4 Å². The molecule has 0 saturated carbocycles. The Bertz CT molecular complexity index is 1340. The van der Waals surface area contributed by atoms with Gasteiger partial charge in [-0.2, -0.15) is 0 Å². The maximum absolute atomic E-state index is 14.1. The molecule has 1 aliphatic rings. The Morgan fingerprint density at radius 3 is 2.54 bits per heavy atom. The van der Waals surface area contributed by atoms with Crippen LogP contribution < -0.4 is 4.90 Å². The number of nitrogens with zero attached hydrogens (tertiary/aromatic N) is 3. The zero-order chi connectivity index (χ0) is 24.4. The fourth-order valence-corrected chi connectivity index (χ4v) is 5.51. The molecule has 3 heterocycles. The van der Waals surface area contributed by atoms with E-state index in [1.54, 1.807) is 4.90 Å². The standard InChI is InChI=1S/C29H29N3O2S/c1-3-4-16-30(29(34)26-15-9-18-35-26)20-27(33)32-24-13-6-5-12-23(24)31-17-8-14-25(31)28(32)22-11-7-10-21(2)19-22/h5-15,17-19,28H,3-4,16,20H2,1-2H3. The molecule has 178 valence electrons. The summed E-state index contributed by atoms with van der Waals surface area (Å²) in [4.78, 5) is 31.7. The van der Waals surface area contributed by atoms with Crippen LogP contribution in [0.2, 0.25) is 0 Å². The highest BCUT2D eigenvalue weighted by atomic mass is 32.1. The van der Waals surface area contributed by atoms with Crippen molar-refractivity contribution in [2.24, 2.45) is 0 Å². The highest BCUT2D eigenvalue weighted by molar-refractivity contribution is 7.12. The summed E-state index contributed by atoms with van der Waals surface area (Å²) < 4.78 is 2.16. The van der Waals surface area contributed by atoms with Crippen LogP contribution in [0.15, 0.2) is 84.4 Å². The summed E-state index contributed by atoms with van der Waals surface area (Å²) in [6.45, 7) is 4.75. The lowest BCUT2D eigenvalue weighted by atomic mass is 9.96. The molecule has 35 heavy (non-hydrogen) atoms. The number of aromatic nitrogens is 1. The van der Waals surface area contributed by atoms with Crippen molar-refractivity contribution in [1.29, 1.82) is 0 Å².